The van der Waals surface area contributed by atoms with Gasteiger partial charge in [-0.2, -0.15) is 0 Å². The molecule has 2 aromatic rings. The van der Waals surface area contributed by atoms with Crippen LogP contribution in [0.25, 0.3) is 11.1 Å². The molecular weight excluding hydrogens is 242 g/mol. The third kappa shape index (κ3) is 1.52. The van der Waals surface area contributed by atoms with Crippen molar-refractivity contribution in [2.75, 3.05) is 7.11 Å². The fourth-order valence-electron chi connectivity index (χ4n) is 1.93. The second kappa shape index (κ2) is 3.47. The van der Waals surface area contributed by atoms with Gasteiger partial charge in [0.05, 0.1) is 7.11 Å². The molecule has 4 nitrogen and oxygen atoms in total. The van der Waals surface area contributed by atoms with Crippen LogP contribution in [0.3, 0.4) is 0 Å². The lowest BCUT2D eigenvalue weighted by Gasteiger charge is -2.06. The maximum absolute atomic E-state index is 11.7. The maximum Gasteiger partial charge on any atom is 0.321 e. The van der Waals surface area contributed by atoms with Gasteiger partial charge in [-0.25, -0.2) is 4.98 Å². The number of fused-ring (bicyclic) bond motifs is 1. The van der Waals surface area contributed by atoms with Crippen molar-refractivity contribution in [3.63, 3.8) is 0 Å². The van der Waals surface area contributed by atoms with Gasteiger partial charge in [0.2, 0.25) is 5.89 Å². The Kier molecular flexibility index (Phi) is 2.16. The first kappa shape index (κ1) is 10.6. The number of ether oxygens (including phenoxy) is 1. The molecular formula is C12H10ClNO3. The van der Waals surface area contributed by atoms with Crippen LogP contribution in [0.15, 0.2) is 22.6 Å². The summed E-state index contributed by atoms with van der Waals surface area (Å²) in [5.41, 5.74) is 0.641. The summed E-state index contributed by atoms with van der Waals surface area (Å²) < 4.78 is 10.4. The minimum absolute atomic E-state index is 0.282. The molecule has 1 fully saturated rings. The number of rotatable bonds is 2. The van der Waals surface area contributed by atoms with E-state index in [4.69, 9.17) is 20.8 Å². The number of carbonyl (C=O) groups is 1. The number of benzene rings is 1. The van der Waals surface area contributed by atoms with Gasteiger partial charge in [-0.1, -0.05) is 11.6 Å². The first-order chi connectivity index (χ1) is 8.15. The molecule has 88 valence electrons. The molecule has 1 aliphatic carbocycles. The summed E-state index contributed by atoms with van der Waals surface area (Å²) in [4.78, 5) is 16.0. The Labute approximate surface area is 103 Å². The van der Waals surface area contributed by atoms with E-state index in [-0.39, 0.29) is 5.97 Å². The molecule has 1 aliphatic rings. The van der Waals surface area contributed by atoms with Crippen LogP contribution in [0.2, 0.25) is 5.02 Å². The first-order valence-corrected chi connectivity index (χ1v) is 5.68. The van der Waals surface area contributed by atoms with Crippen molar-refractivity contribution in [2.45, 2.75) is 18.3 Å². The third-order valence-corrected chi connectivity index (χ3v) is 3.32. The summed E-state index contributed by atoms with van der Waals surface area (Å²) in [6.07, 6.45) is 1.44. The average Bonchev–Trinajstić information content (AvgIpc) is 3.03. The minimum atomic E-state index is -0.666. The number of hydrogen-bond donors (Lipinski definition) is 0. The molecule has 0 saturated heterocycles. The van der Waals surface area contributed by atoms with Crippen molar-refractivity contribution in [3.05, 3.63) is 29.1 Å². The topological polar surface area (TPSA) is 52.3 Å². The van der Waals surface area contributed by atoms with Crippen LogP contribution in [0.1, 0.15) is 18.7 Å². The summed E-state index contributed by atoms with van der Waals surface area (Å²) in [6.45, 7) is 0. The molecule has 0 unspecified atom stereocenters. The highest BCUT2D eigenvalue weighted by Crippen LogP contribution is 2.49. The highest BCUT2D eigenvalue weighted by atomic mass is 35.5. The molecule has 1 aromatic heterocycles. The lowest BCUT2D eigenvalue weighted by molar-refractivity contribution is -0.144. The van der Waals surface area contributed by atoms with Gasteiger partial charge in [0.15, 0.2) is 5.58 Å². The number of carbonyl (C=O) groups excluding carboxylic acids is 1. The van der Waals surface area contributed by atoms with Gasteiger partial charge in [0, 0.05) is 11.1 Å². The Morgan fingerprint density at radius 2 is 2.29 bits per heavy atom. The van der Waals surface area contributed by atoms with Gasteiger partial charge in [-0.15, -0.1) is 0 Å². The van der Waals surface area contributed by atoms with Crippen LogP contribution in [-0.2, 0) is 14.9 Å². The highest BCUT2D eigenvalue weighted by molar-refractivity contribution is 6.31. The summed E-state index contributed by atoms with van der Waals surface area (Å²) in [6, 6.07) is 5.21. The van der Waals surface area contributed by atoms with Crippen LogP contribution < -0.4 is 0 Å². The minimum Gasteiger partial charge on any atom is -0.468 e. The summed E-state index contributed by atoms with van der Waals surface area (Å²) in [5, 5.41) is 0.586. The van der Waals surface area contributed by atoms with E-state index in [1.807, 2.05) is 0 Å². The van der Waals surface area contributed by atoms with Gasteiger partial charge in [0.25, 0.3) is 0 Å². The molecule has 1 saturated carbocycles. The Morgan fingerprint density at radius 3 is 2.94 bits per heavy atom. The zero-order valence-corrected chi connectivity index (χ0v) is 9.95. The Bertz CT molecular complexity index is 601. The van der Waals surface area contributed by atoms with Crippen LogP contribution in [0.4, 0.5) is 0 Å². The quantitative estimate of drug-likeness (QED) is 0.770. The molecule has 0 amide bonds. The van der Waals surface area contributed by atoms with Gasteiger partial charge >= 0.3 is 5.97 Å². The third-order valence-electron chi connectivity index (χ3n) is 3.09. The summed E-state index contributed by atoms with van der Waals surface area (Å²) in [5.74, 6) is 0.150. The van der Waals surface area contributed by atoms with E-state index < -0.39 is 5.41 Å². The molecule has 1 aromatic carbocycles. The Hall–Kier alpha value is -1.55. The molecule has 1 heterocycles. The van der Waals surface area contributed by atoms with Gasteiger partial charge < -0.3 is 9.15 Å². The summed E-state index contributed by atoms with van der Waals surface area (Å²) in [7, 11) is 1.38. The number of methoxy groups -OCH3 is 1. The smallest absolute Gasteiger partial charge is 0.321 e. The van der Waals surface area contributed by atoms with E-state index in [1.165, 1.54) is 7.11 Å². The number of halogens is 1. The average molecular weight is 252 g/mol. The second-order valence-electron chi connectivity index (χ2n) is 4.20. The molecule has 3 rings (SSSR count). The van der Waals surface area contributed by atoms with E-state index in [0.717, 1.165) is 12.8 Å². The summed E-state index contributed by atoms with van der Waals surface area (Å²) >= 11 is 5.87. The van der Waals surface area contributed by atoms with Crippen molar-refractivity contribution in [2.24, 2.45) is 0 Å². The standard InChI is InChI=1S/C12H10ClNO3/c1-16-11(15)12(4-5-12)10-14-8-3-2-7(13)6-9(8)17-10/h2-3,6H,4-5H2,1H3. The van der Waals surface area contributed by atoms with Crippen molar-refractivity contribution < 1.29 is 13.9 Å². The lowest BCUT2D eigenvalue weighted by atomic mass is 10.1. The van der Waals surface area contributed by atoms with E-state index >= 15 is 0 Å². The predicted octanol–water partition coefficient (Wildman–Crippen LogP) is 2.69. The Balaban J connectivity index is 2.10. The van der Waals surface area contributed by atoms with Crippen molar-refractivity contribution in [3.8, 4) is 0 Å². The van der Waals surface area contributed by atoms with Crippen LogP contribution in [0, 0.1) is 0 Å². The highest BCUT2D eigenvalue weighted by Gasteiger charge is 2.56. The zero-order valence-electron chi connectivity index (χ0n) is 9.20. The maximum atomic E-state index is 11.7. The zero-order chi connectivity index (χ0) is 12.0. The number of aromatic nitrogens is 1. The number of esters is 1. The van der Waals surface area contributed by atoms with E-state index in [2.05, 4.69) is 4.98 Å². The van der Waals surface area contributed by atoms with Crippen LogP contribution in [0.5, 0.6) is 0 Å². The molecule has 0 atom stereocenters. The normalized spacial score (nSPS) is 17.1. The van der Waals surface area contributed by atoms with Crippen molar-refractivity contribution >= 4 is 28.7 Å². The van der Waals surface area contributed by atoms with Crippen LogP contribution in [-0.4, -0.2) is 18.1 Å². The number of hydrogen-bond acceptors (Lipinski definition) is 4. The molecule has 17 heavy (non-hydrogen) atoms. The molecule has 0 N–H and O–H groups in total. The molecule has 0 radical (unpaired) electrons. The monoisotopic (exact) mass is 251 g/mol. The van der Waals surface area contributed by atoms with Crippen LogP contribution >= 0.6 is 11.6 Å². The lowest BCUT2D eigenvalue weighted by Crippen LogP contribution is -2.22. The predicted molar refractivity (Wildman–Crippen MR) is 61.9 cm³/mol. The number of oxazole rings is 1. The van der Waals surface area contributed by atoms with E-state index in [1.54, 1.807) is 18.2 Å². The van der Waals surface area contributed by atoms with Crippen molar-refractivity contribution in [1.82, 2.24) is 4.98 Å². The van der Waals surface area contributed by atoms with Crippen molar-refractivity contribution in [1.29, 1.82) is 0 Å². The fourth-order valence-corrected chi connectivity index (χ4v) is 2.09. The van der Waals surface area contributed by atoms with E-state index in [0.29, 0.717) is 22.0 Å². The number of nitrogens with zero attached hydrogens (tertiary/aromatic N) is 1. The van der Waals surface area contributed by atoms with Gasteiger partial charge in [-0.3, -0.25) is 4.79 Å². The second-order valence-corrected chi connectivity index (χ2v) is 4.64. The molecule has 0 aliphatic heterocycles. The Morgan fingerprint density at radius 1 is 1.53 bits per heavy atom. The van der Waals surface area contributed by atoms with Gasteiger partial charge in [-0.05, 0) is 25.0 Å². The van der Waals surface area contributed by atoms with Gasteiger partial charge in [0.1, 0.15) is 10.9 Å². The molecule has 0 bridgehead atoms. The molecule has 5 heteroatoms. The fraction of sp³-hybridized carbons (Fsp3) is 0.333. The van der Waals surface area contributed by atoms with E-state index in [9.17, 15) is 4.79 Å². The SMILES string of the molecule is COC(=O)C1(c2nc3ccc(Cl)cc3o2)CC1. The molecule has 0 spiro atoms. The first-order valence-electron chi connectivity index (χ1n) is 5.31. The largest absolute Gasteiger partial charge is 0.468 e.